The molecule has 3 nitrogen and oxygen atoms in total. The highest BCUT2D eigenvalue weighted by atomic mass is 16.4. The Morgan fingerprint density at radius 2 is 1.94 bits per heavy atom. The van der Waals surface area contributed by atoms with E-state index in [9.17, 15) is 9.90 Å². The summed E-state index contributed by atoms with van der Waals surface area (Å²) >= 11 is 0. The SMILES string of the molecule is CC(C)CC(C1CCCC1)C(CN)C(=O)O. The zero-order valence-corrected chi connectivity index (χ0v) is 10.5. The predicted molar refractivity (Wildman–Crippen MR) is 65.1 cm³/mol. The number of carboxylic acid groups (broad SMARTS) is 1. The molecule has 3 N–H and O–H groups in total. The quantitative estimate of drug-likeness (QED) is 0.732. The third-order valence-electron chi connectivity index (χ3n) is 3.84. The Labute approximate surface area is 98.4 Å². The highest BCUT2D eigenvalue weighted by Gasteiger charge is 2.34. The van der Waals surface area contributed by atoms with Crippen LogP contribution in [0.3, 0.4) is 0 Å². The Morgan fingerprint density at radius 1 is 1.38 bits per heavy atom. The topological polar surface area (TPSA) is 63.3 Å². The average molecular weight is 227 g/mol. The standard InChI is InChI=1S/C13H25NO2/c1-9(2)7-11(10-5-3-4-6-10)12(8-14)13(15)16/h9-12H,3-8,14H2,1-2H3,(H,15,16). The van der Waals surface area contributed by atoms with Crippen LogP contribution in [0.4, 0.5) is 0 Å². The number of aliphatic carboxylic acids is 1. The summed E-state index contributed by atoms with van der Waals surface area (Å²) < 4.78 is 0. The molecule has 0 aromatic rings. The minimum Gasteiger partial charge on any atom is -0.481 e. The summed E-state index contributed by atoms with van der Waals surface area (Å²) in [6.45, 7) is 4.61. The van der Waals surface area contributed by atoms with Gasteiger partial charge in [0.15, 0.2) is 0 Å². The van der Waals surface area contributed by atoms with Crippen molar-refractivity contribution in [3.8, 4) is 0 Å². The zero-order chi connectivity index (χ0) is 12.1. The Hall–Kier alpha value is -0.570. The maximum absolute atomic E-state index is 11.2. The van der Waals surface area contributed by atoms with Gasteiger partial charge in [0.25, 0.3) is 0 Å². The number of hydrogen-bond acceptors (Lipinski definition) is 2. The second-order valence-electron chi connectivity index (χ2n) is 5.52. The lowest BCUT2D eigenvalue weighted by Crippen LogP contribution is -2.35. The highest BCUT2D eigenvalue weighted by molar-refractivity contribution is 5.70. The maximum Gasteiger partial charge on any atom is 0.308 e. The van der Waals surface area contributed by atoms with Crippen molar-refractivity contribution in [2.75, 3.05) is 6.54 Å². The molecule has 0 spiro atoms. The molecule has 1 fully saturated rings. The predicted octanol–water partition coefficient (Wildman–Crippen LogP) is 2.50. The van der Waals surface area contributed by atoms with Crippen LogP contribution in [-0.2, 0) is 4.79 Å². The van der Waals surface area contributed by atoms with Crippen LogP contribution < -0.4 is 5.73 Å². The molecule has 94 valence electrons. The molecule has 0 aliphatic heterocycles. The Balaban J connectivity index is 2.71. The fraction of sp³-hybridized carbons (Fsp3) is 0.923. The molecule has 0 saturated heterocycles. The van der Waals surface area contributed by atoms with Crippen LogP contribution in [0.1, 0.15) is 46.0 Å². The summed E-state index contributed by atoms with van der Waals surface area (Å²) in [7, 11) is 0. The van der Waals surface area contributed by atoms with Gasteiger partial charge in [-0.15, -0.1) is 0 Å². The lowest BCUT2D eigenvalue weighted by molar-refractivity contribution is -0.144. The molecule has 2 atom stereocenters. The van der Waals surface area contributed by atoms with Crippen molar-refractivity contribution < 1.29 is 9.90 Å². The molecule has 1 aliphatic carbocycles. The first-order chi connectivity index (χ1) is 7.56. The van der Waals surface area contributed by atoms with E-state index in [1.165, 1.54) is 25.7 Å². The fourth-order valence-corrected chi connectivity index (χ4v) is 3.07. The number of carboxylic acids is 1. The van der Waals surface area contributed by atoms with Gasteiger partial charge in [-0.05, 0) is 24.2 Å². The zero-order valence-electron chi connectivity index (χ0n) is 10.5. The summed E-state index contributed by atoms with van der Waals surface area (Å²) in [5.74, 6) is 0.376. The lowest BCUT2D eigenvalue weighted by atomic mass is 9.76. The van der Waals surface area contributed by atoms with Gasteiger partial charge in [0.2, 0.25) is 0 Å². The highest BCUT2D eigenvalue weighted by Crippen LogP contribution is 2.38. The molecule has 0 heterocycles. The van der Waals surface area contributed by atoms with E-state index in [0.29, 0.717) is 11.8 Å². The largest absolute Gasteiger partial charge is 0.481 e. The van der Waals surface area contributed by atoms with Crippen molar-refractivity contribution in [1.29, 1.82) is 0 Å². The molecule has 0 aromatic carbocycles. The molecule has 1 aliphatic rings. The molecular formula is C13H25NO2. The van der Waals surface area contributed by atoms with Gasteiger partial charge in [-0.25, -0.2) is 0 Å². The van der Waals surface area contributed by atoms with Crippen LogP contribution in [0.5, 0.6) is 0 Å². The van der Waals surface area contributed by atoms with Gasteiger partial charge in [0.1, 0.15) is 0 Å². The molecule has 1 saturated carbocycles. The maximum atomic E-state index is 11.2. The van der Waals surface area contributed by atoms with E-state index in [-0.39, 0.29) is 18.4 Å². The third-order valence-corrected chi connectivity index (χ3v) is 3.84. The Bertz CT molecular complexity index is 222. The van der Waals surface area contributed by atoms with E-state index in [1.54, 1.807) is 0 Å². The van der Waals surface area contributed by atoms with Crippen LogP contribution in [0.15, 0.2) is 0 Å². The fourth-order valence-electron chi connectivity index (χ4n) is 3.07. The summed E-state index contributed by atoms with van der Waals surface area (Å²) in [6.07, 6.45) is 5.91. The van der Waals surface area contributed by atoms with Gasteiger partial charge in [-0.3, -0.25) is 4.79 Å². The van der Waals surface area contributed by atoms with E-state index < -0.39 is 5.97 Å². The summed E-state index contributed by atoms with van der Waals surface area (Å²) in [5, 5.41) is 9.24. The van der Waals surface area contributed by atoms with Crippen molar-refractivity contribution in [2.45, 2.75) is 46.0 Å². The molecule has 16 heavy (non-hydrogen) atoms. The van der Waals surface area contributed by atoms with Gasteiger partial charge in [0.05, 0.1) is 5.92 Å². The van der Waals surface area contributed by atoms with Crippen molar-refractivity contribution in [3.63, 3.8) is 0 Å². The molecule has 0 bridgehead atoms. The molecule has 3 heteroatoms. The Morgan fingerprint density at radius 3 is 2.31 bits per heavy atom. The van der Waals surface area contributed by atoms with Gasteiger partial charge in [-0.2, -0.15) is 0 Å². The van der Waals surface area contributed by atoms with Crippen LogP contribution in [0, 0.1) is 23.7 Å². The van der Waals surface area contributed by atoms with E-state index in [4.69, 9.17) is 5.73 Å². The second kappa shape index (κ2) is 6.24. The first-order valence-corrected chi connectivity index (χ1v) is 6.49. The van der Waals surface area contributed by atoms with Crippen LogP contribution in [0.25, 0.3) is 0 Å². The number of carbonyl (C=O) groups is 1. The van der Waals surface area contributed by atoms with Gasteiger partial charge >= 0.3 is 5.97 Å². The van der Waals surface area contributed by atoms with Crippen molar-refractivity contribution in [3.05, 3.63) is 0 Å². The van der Waals surface area contributed by atoms with Crippen molar-refractivity contribution in [1.82, 2.24) is 0 Å². The smallest absolute Gasteiger partial charge is 0.308 e. The lowest BCUT2D eigenvalue weighted by Gasteiger charge is -2.29. The average Bonchev–Trinajstić information content (AvgIpc) is 2.68. The van der Waals surface area contributed by atoms with Gasteiger partial charge < -0.3 is 10.8 Å². The third kappa shape index (κ3) is 3.48. The number of rotatable bonds is 6. The van der Waals surface area contributed by atoms with Crippen molar-refractivity contribution >= 4 is 5.97 Å². The number of nitrogens with two attached hydrogens (primary N) is 1. The first-order valence-electron chi connectivity index (χ1n) is 6.49. The summed E-state index contributed by atoms with van der Waals surface area (Å²) in [6, 6.07) is 0. The molecule has 0 amide bonds. The first kappa shape index (κ1) is 13.5. The van der Waals surface area contributed by atoms with Crippen LogP contribution in [-0.4, -0.2) is 17.6 Å². The molecular weight excluding hydrogens is 202 g/mol. The second-order valence-corrected chi connectivity index (χ2v) is 5.52. The molecule has 0 radical (unpaired) electrons. The van der Waals surface area contributed by atoms with Gasteiger partial charge in [-0.1, -0.05) is 39.5 Å². The van der Waals surface area contributed by atoms with Crippen LogP contribution >= 0.6 is 0 Å². The van der Waals surface area contributed by atoms with Crippen molar-refractivity contribution in [2.24, 2.45) is 29.4 Å². The van der Waals surface area contributed by atoms with E-state index in [2.05, 4.69) is 13.8 Å². The summed E-state index contributed by atoms with van der Waals surface area (Å²) in [4.78, 5) is 11.2. The minimum absolute atomic E-state index is 0.281. The van der Waals surface area contributed by atoms with Crippen LogP contribution in [0.2, 0.25) is 0 Å². The molecule has 1 rings (SSSR count). The molecule has 2 unspecified atom stereocenters. The minimum atomic E-state index is -0.708. The molecule has 0 aromatic heterocycles. The van der Waals surface area contributed by atoms with E-state index in [1.807, 2.05) is 0 Å². The normalized spacial score (nSPS) is 21.2. The van der Waals surface area contributed by atoms with E-state index >= 15 is 0 Å². The van der Waals surface area contributed by atoms with E-state index in [0.717, 1.165) is 6.42 Å². The van der Waals surface area contributed by atoms with Gasteiger partial charge in [0, 0.05) is 6.54 Å². The Kier molecular flexibility index (Phi) is 5.26. The summed E-state index contributed by atoms with van der Waals surface area (Å²) in [5.41, 5.74) is 5.64. The monoisotopic (exact) mass is 227 g/mol. The number of hydrogen-bond donors (Lipinski definition) is 2.